The minimum atomic E-state index is -0.112. The summed E-state index contributed by atoms with van der Waals surface area (Å²) in [6.45, 7) is 4.35. The summed E-state index contributed by atoms with van der Waals surface area (Å²) < 4.78 is 6.74. The summed E-state index contributed by atoms with van der Waals surface area (Å²) in [5, 5.41) is 11.8. The highest BCUT2D eigenvalue weighted by atomic mass is 16.5. The molecule has 0 saturated carbocycles. The molecule has 0 unspecified atom stereocenters. The van der Waals surface area contributed by atoms with Crippen molar-refractivity contribution in [2.45, 2.75) is 26.8 Å². The number of aromatic nitrogens is 3. The first-order chi connectivity index (χ1) is 10.1. The summed E-state index contributed by atoms with van der Waals surface area (Å²) in [6, 6.07) is 7.83. The van der Waals surface area contributed by atoms with Crippen molar-refractivity contribution in [3.63, 3.8) is 0 Å². The lowest BCUT2D eigenvalue weighted by molar-refractivity contribution is -0.116. The van der Waals surface area contributed by atoms with Crippen molar-refractivity contribution in [2.75, 3.05) is 5.32 Å². The number of anilines is 1. The maximum Gasteiger partial charge on any atom is 0.227 e. The van der Waals surface area contributed by atoms with Gasteiger partial charge < -0.3 is 9.84 Å². The molecular weight excluding hydrogens is 268 g/mol. The molecule has 2 heterocycles. The van der Waals surface area contributed by atoms with Gasteiger partial charge in [0.05, 0.1) is 18.3 Å². The van der Waals surface area contributed by atoms with E-state index in [9.17, 15) is 4.79 Å². The van der Waals surface area contributed by atoms with Crippen LogP contribution in [-0.2, 0) is 11.3 Å². The third-order valence-corrected chi connectivity index (χ3v) is 3.24. The van der Waals surface area contributed by atoms with Crippen molar-refractivity contribution in [3.8, 4) is 0 Å². The van der Waals surface area contributed by atoms with Gasteiger partial charge >= 0.3 is 0 Å². The number of nitrogens with one attached hydrogen (secondary N) is 1. The summed E-state index contributed by atoms with van der Waals surface area (Å²) in [7, 11) is 0. The lowest BCUT2D eigenvalue weighted by Gasteiger charge is -2.04. The Labute approximate surface area is 121 Å². The number of fused-ring (bicyclic) bond motifs is 1. The summed E-state index contributed by atoms with van der Waals surface area (Å²) in [6.07, 6.45) is 2.15. The SMILES string of the molecule is Cc1ccc2c(cnn2CCC(=O)Nc2cc(C)on2)c1. The Morgan fingerprint density at radius 1 is 1.33 bits per heavy atom. The predicted octanol–water partition coefficient (Wildman–Crippen LogP) is 2.67. The number of carbonyl (C=O) groups excluding carboxylic acids is 1. The molecule has 3 rings (SSSR count). The molecule has 0 atom stereocenters. The summed E-state index contributed by atoms with van der Waals surface area (Å²) in [4.78, 5) is 11.9. The molecule has 6 heteroatoms. The number of hydrogen-bond acceptors (Lipinski definition) is 4. The number of benzene rings is 1. The monoisotopic (exact) mass is 284 g/mol. The van der Waals surface area contributed by atoms with Crippen molar-refractivity contribution in [3.05, 3.63) is 41.8 Å². The molecule has 21 heavy (non-hydrogen) atoms. The number of aryl methyl sites for hydroxylation is 3. The number of rotatable bonds is 4. The zero-order valence-corrected chi connectivity index (χ0v) is 12.0. The lowest BCUT2D eigenvalue weighted by atomic mass is 10.2. The second-order valence-electron chi connectivity index (χ2n) is 5.05. The van der Waals surface area contributed by atoms with Gasteiger partial charge in [-0.2, -0.15) is 5.10 Å². The normalized spacial score (nSPS) is 11.0. The molecule has 1 N–H and O–H groups in total. The molecule has 0 aliphatic carbocycles. The van der Waals surface area contributed by atoms with E-state index in [4.69, 9.17) is 4.52 Å². The minimum Gasteiger partial charge on any atom is -0.360 e. The Bertz CT molecular complexity index is 788. The van der Waals surface area contributed by atoms with Crippen LogP contribution in [0.1, 0.15) is 17.7 Å². The van der Waals surface area contributed by atoms with Crippen LogP contribution < -0.4 is 5.32 Å². The van der Waals surface area contributed by atoms with Crippen molar-refractivity contribution in [1.29, 1.82) is 0 Å². The molecule has 2 aromatic heterocycles. The average Bonchev–Trinajstić information content (AvgIpc) is 3.02. The standard InChI is InChI=1S/C15H16N4O2/c1-10-3-4-13-12(7-10)9-16-19(13)6-5-15(20)17-14-8-11(2)21-18-14/h3-4,7-9H,5-6H2,1-2H3,(H,17,18,20). The fourth-order valence-electron chi connectivity index (χ4n) is 2.22. The molecule has 3 aromatic rings. The molecular formula is C15H16N4O2. The Kier molecular flexibility index (Phi) is 3.43. The van der Waals surface area contributed by atoms with Gasteiger partial charge in [0, 0.05) is 17.9 Å². The van der Waals surface area contributed by atoms with E-state index in [0.717, 1.165) is 10.9 Å². The highest BCUT2D eigenvalue weighted by molar-refractivity contribution is 5.89. The zero-order chi connectivity index (χ0) is 14.8. The topological polar surface area (TPSA) is 73.0 Å². The minimum absolute atomic E-state index is 0.112. The maximum atomic E-state index is 11.9. The van der Waals surface area contributed by atoms with Crippen LogP contribution in [0.2, 0.25) is 0 Å². The Balaban J connectivity index is 1.64. The van der Waals surface area contributed by atoms with Crippen molar-refractivity contribution >= 4 is 22.6 Å². The van der Waals surface area contributed by atoms with E-state index in [0.29, 0.717) is 24.5 Å². The molecule has 0 saturated heterocycles. The number of carbonyl (C=O) groups is 1. The quantitative estimate of drug-likeness (QED) is 0.799. The van der Waals surface area contributed by atoms with Gasteiger partial charge in [0.25, 0.3) is 0 Å². The smallest absolute Gasteiger partial charge is 0.227 e. The summed E-state index contributed by atoms with van der Waals surface area (Å²) in [5.74, 6) is 0.997. The van der Waals surface area contributed by atoms with Crippen LogP contribution in [0.3, 0.4) is 0 Å². The Morgan fingerprint density at radius 3 is 2.95 bits per heavy atom. The first kappa shape index (κ1) is 13.4. The number of amides is 1. The van der Waals surface area contributed by atoms with E-state index in [1.165, 1.54) is 5.56 Å². The maximum absolute atomic E-state index is 11.9. The van der Waals surface area contributed by atoms with Crippen LogP contribution >= 0.6 is 0 Å². The molecule has 0 fully saturated rings. The second-order valence-corrected chi connectivity index (χ2v) is 5.05. The molecule has 0 aliphatic rings. The predicted molar refractivity (Wildman–Crippen MR) is 79.0 cm³/mol. The van der Waals surface area contributed by atoms with Gasteiger partial charge in [-0.25, -0.2) is 0 Å². The largest absolute Gasteiger partial charge is 0.360 e. The zero-order valence-electron chi connectivity index (χ0n) is 12.0. The molecule has 0 bridgehead atoms. The van der Waals surface area contributed by atoms with Gasteiger partial charge in [-0.3, -0.25) is 9.48 Å². The molecule has 0 aliphatic heterocycles. The lowest BCUT2D eigenvalue weighted by Crippen LogP contribution is -2.15. The molecule has 0 spiro atoms. The Morgan fingerprint density at radius 2 is 2.19 bits per heavy atom. The number of nitrogens with zero attached hydrogens (tertiary/aromatic N) is 3. The van der Waals surface area contributed by atoms with Gasteiger partial charge in [-0.15, -0.1) is 0 Å². The highest BCUT2D eigenvalue weighted by Gasteiger charge is 2.08. The van der Waals surface area contributed by atoms with Gasteiger partial charge in [-0.1, -0.05) is 16.8 Å². The average molecular weight is 284 g/mol. The fraction of sp³-hybridized carbons (Fsp3) is 0.267. The third kappa shape index (κ3) is 2.94. The van der Waals surface area contributed by atoms with E-state index in [-0.39, 0.29) is 5.91 Å². The molecule has 6 nitrogen and oxygen atoms in total. The Hall–Kier alpha value is -2.63. The van der Waals surface area contributed by atoms with Crippen LogP contribution in [0.15, 0.2) is 35.0 Å². The van der Waals surface area contributed by atoms with Gasteiger partial charge in [0.1, 0.15) is 5.76 Å². The van der Waals surface area contributed by atoms with Crippen LogP contribution in [0.25, 0.3) is 10.9 Å². The molecule has 1 aromatic carbocycles. The fourth-order valence-corrected chi connectivity index (χ4v) is 2.22. The van der Waals surface area contributed by atoms with E-state index in [1.807, 2.05) is 29.9 Å². The van der Waals surface area contributed by atoms with E-state index in [1.54, 1.807) is 13.0 Å². The molecule has 0 radical (unpaired) electrons. The van der Waals surface area contributed by atoms with E-state index in [2.05, 4.69) is 21.6 Å². The third-order valence-electron chi connectivity index (χ3n) is 3.24. The van der Waals surface area contributed by atoms with Crippen LogP contribution in [-0.4, -0.2) is 20.8 Å². The van der Waals surface area contributed by atoms with Crippen molar-refractivity contribution < 1.29 is 9.32 Å². The van der Waals surface area contributed by atoms with E-state index < -0.39 is 0 Å². The summed E-state index contributed by atoms with van der Waals surface area (Å²) >= 11 is 0. The summed E-state index contributed by atoms with van der Waals surface area (Å²) in [5.41, 5.74) is 2.23. The molecule has 108 valence electrons. The first-order valence-electron chi connectivity index (χ1n) is 6.77. The highest BCUT2D eigenvalue weighted by Crippen LogP contribution is 2.16. The first-order valence-corrected chi connectivity index (χ1v) is 6.77. The van der Waals surface area contributed by atoms with Crippen LogP contribution in [0, 0.1) is 13.8 Å². The number of hydrogen-bond donors (Lipinski definition) is 1. The van der Waals surface area contributed by atoms with Crippen LogP contribution in [0.4, 0.5) is 5.82 Å². The van der Waals surface area contributed by atoms with Crippen molar-refractivity contribution in [1.82, 2.24) is 14.9 Å². The van der Waals surface area contributed by atoms with Crippen molar-refractivity contribution in [2.24, 2.45) is 0 Å². The van der Waals surface area contributed by atoms with Gasteiger partial charge in [-0.05, 0) is 26.0 Å². The van der Waals surface area contributed by atoms with Gasteiger partial charge in [0.15, 0.2) is 5.82 Å². The van der Waals surface area contributed by atoms with Gasteiger partial charge in [0.2, 0.25) is 5.91 Å². The van der Waals surface area contributed by atoms with Crippen LogP contribution in [0.5, 0.6) is 0 Å². The van der Waals surface area contributed by atoms with E-state index >= 15 is 0 Å². The molecule has 1 amide bonds. The second kappa shape index (κ2) is 5.40.